The lowest BCUT2D eigenvalue weighted by Gasteiger charge is -2.14. The number of benzene rings is 1. The highest BCUT2D eigenvalue weighted by Crippen LogP contribution is 2.35. The maximum Gasteiger partial charge on any atom is 0.573 e. The van der Waals surface area contributed by atoms with Gasteiger partial charge in [-0.25, -0.2) is 13.4 Å². The summed E-state index contributed by atoms with van der Waals surface area (Å²) in [6, 6.07) is 4.82. The Morgan fingerprint density at radius 3 is 2.37 bits per heavy atom. The average molecular weight is 400 g/mol. The minimum Gasteiger partial charge on any atom is -0.406 e. The molecule has 1 aliphatic carbocycles. The van der Waals surface area contributed by atoms with Gasteiger partial charge in [0.2, 0.25) is 9.84 Å². The summed E-state index contributed by atoms with van der Waals surface area (Å²) in [6.07, 6.45) is -3.21. The topological polar surface area (TPSA) is 97.7 Å². The third kappa shape index (κ3) is 4.35. The maximum atomic E-state index is 12.9. The van der Waals surface area contributed by atoms with Crippen LogP contribution in [-0.4, -0.2) is 25.8 Å². The minimum atomic E-state index is -4.89. The molecule has 1 N–H and O–H groups in total. The first-order chi connectivity index (χ1) is 12.6. The molecule has 1 aromatic heterocycles. The monoisotopic (exact) mass is 400 g/mol. The summed E-state index contributed by atoms with van der Waals surface area (Å²) in [5.74, 6) is -0.537. The summed E-state index contributed by atoms with van der Waals surface area (Å²) in [4.78, 5) is 14.3. The zero-order chi connectivity index (χ0) is 19.8. The second-order valence-electron chi connectivity index (χ2n) is 5.83. The third-order valence-electron chi connectivity index (χ3n) is 3.72. The zero-order valence-electron chi connectivity index (χ0n) is 13.7. The third-order valence-corrected chi connectivity index (χ3v) is 5.50. The van der Waals surface area contributed by atoms with E-state index in [0.29, 0.717) is 0 Å². The molecule has 1 radical (unpaired) electrons. The van der Waals surface area contributed by atoms with Crippen LogP contribution in [0.15, 0.2) is 45.3 Å². The number of ether oxygens (including phenoxy) is 1. The largest absolute Gasteiger partial charge is 0.573 e. The molecule has 1 aliphatic rings. The Bertz CT molecular complexity index is 972. The van der Waals surface area contributed by atoms with Gasteiger partial charge in [0.25, 0.3) is 0 Å². The van der Waals surface area contributed by atoms with Crippen LogP contribution in [0, 0.1) is 11.8 Å². The van der Waals surface area contributed by atoms with Crippen LogP contribution in [0.5, 0.6) is 5.75 Å². The fraction of sp³-hybridized carbons (Fsp3) is 0.250. The van der Waals surface area contributed by atoms with E-state index in [2.05, 4.69) is 27.1 Å². The van der Waals surface area contributed by atoms with E-state index >= 15 is 0 Å². The molecule has 0 amide bonds. The molecule has 0 saturated heterocycles. The van der Waals surface area contributed by atoms with Crippen LogP contribution < -0.4 is 10.1 Å². The zero-order valence-corrected chi connectivity index (χ0v) is 14.5. The van der Waals surface area contributed by atoms with Crippen LogP contribution in [0.2, 0.25) is 0 Å². The first kappa shape index (κ1) is 19.1. The van der Waals surface area contributed by atoms with Crippen LogP contribution in [0.25, 0.3) is 0 Å². The van der Waals surface area contributed by atoms with Crippen molar-refractivity contribution in [1.29, 1.82) is 0 Å². The second-order valence-corrected chi connectivity index (χ2v) is 7.75. The number of anilines is 1. The van der Waals surface area contributed by atoms with E-state index in [1.165, 1.54) is 0 Å². The van der Waals surface area contributed by atoms with Crippen molar-refractivity contribution in [2.24, 2.45) is 5.18 Å². The van der Waals surface area contributed by atoms with Crippen molar-refractivity contribution in [1.82, 2.24) is 4.98 Å². The Morgan fingerprint density at radius 2 is 1.85 bits per heavy atom. The highest BCUT2D eigenvalue weighted by atomic mass is 32.2. The van der Waals surface area contributed by atoms with Gasteiger partial charge in [-0.05, 0) is 55.3 Å². The highest BCUT2D eigenvalue weighted by molar-refractivity contribution is 7.91. The lowest BCUT2D eigenvalue weighted by molar-refractivity contribution is -0.274. The number of nitrogens with one attached hydrogen (secondary N) is 1. The number of pyridine rings is 1. The quantitative estimate of drug-likeness (QED) is 0.737. The fourth-order valence-electron chi connectivity index (χ4n) is 2.28. The number of sulfone groups is 1. The molecule has 0 unspecified atom stereocenters. The summed E-state index contributed by atoms with van der Waals surface area (Å²) < 4.78 is 66.3. The molecule has 0 spiro atoms. The first-order valence-corrected chi connectivity index (χ1v) is 9.16. The van der Waals surface area contributed by atoms with E-state index in [9.17, 15) is 26.5 Å². The van der Waals surface area contributed by atoms with Crippen LogP contribution in [0.1, 0.15) is 18.5 Å². The SMILES string of the molecule is [CH2]c1nc(NC2CC2)c(S(=O)(=O)c2ccc(OC(F)(F)F)cc2)cc1N=O. The van der Waals surface area contributed by atoms with Gasteiger partial charge in [-0.1, -0.05) is 0 Å². The second kappa shape index (κ2) is 6.80. The molecule has 27 heavy (non-hydrogen) atoms. The molecule has 0 bridgehead atoms. The fourth-order valence-corrected chi connectivity index (χ4v) is 3.65. The van der Waals surface area contributed by atoms with Gasteiger partial charge in [-0.3, -0.25) is 0 Å². The average Bonchev–Trinajstić information content (AvgIpc) is 3.38. The minimum absolute atomic E-state index is 0.0148. The van der Waals surface area contributed by atoms with E-state index in [0.717, 1.165) is 43.2 Å². The van der Waals surface area contributed by atoms with Crippen molar-refractivity contribution in [2.45, 2.75) is 35.0 Å². The molecule has 3 rings (SSSR count). The number of nitroso groups, excluding NO2 is 1. The van der Waals surface area contributed by atoms with Crippen molar-refractivity contribution in [3.8, 4) is 5.75 Å². The highest BCUT2D eigenvalue weighted by Gasteiger charge is 2.32. The van der Waals surface area contributed by atoms with Gasteiger partial charge >= 0.3 is 6.36 Å². The first-order valence-electron chi connectivity index (χ1n) is 7.68. The Hall–Kier alpha value is -2.69. The number of alkyl halides is 3. The van der Waals surface area contributed by atoms with Crippen LogP contribution in [0.3, 0.4) is 0 Å². The van der Waals surface area contributed by atoms with E-state index in [1.54, 1.807) is 0 Å². The summed E-state index contributed by atoms with van der Waals surface area (Å²) in [6.45, 7) is 3.56. The molecule has 1 fully saturated rings. The van der Waals surface area contributed by atoms with Gasteiger partial charge in [0.05, 0.1) is 10.6 Å². The Labute approximate surface area is 152 Å². The van der Waals surface area contributed by atoms with Gasteiger partial charge in [0, 0.05) is 6.04 Å². The van der Waals surface area contributed by atoms with Gasteiger partial charge in [0.15, 0.2) is 0 Å². The number of hydrogen-bond donors (Lipinski definition) is 1. The van der Waals surface area contributed by atoms with Crippen molar-refractivity contribution in [2.75, 3.05) is 5.32 Å². The number of halogens is 3. The molecule has 1 aromatic carbocycles. The normalized spacial score (nSPS) is 14.7. The molecular weight excluding hydrogens is 387 g/mol. The molecule has 0 atom stereocenters. The Morgan fingerprint density at radius 1 is 1.22 bits per heavy atom. The molecular formula is C16H13F3N3O4S. The van der Waals surface area contributed by atoms with E-state index in [4.69, 9.17) is 0 Å². The lowest BCUT2D eigenvalue weighted by atomic mass is 10.3. The molecule has 143 valence electrons. The molecule has 1 heterocycles. The van der Waals surface area contributed by atoms with Crippen molar-refractivity contribution >= 4 is 21.3 Å². The number of hydrogen-bond acceptors (Lipinski definition) is 7. The van der Waals surface area contributed by atoms with Crippen LogP contribution in [0.4, 0.5) is 24.7 Å². The van der Waals surface area contributed by atoms with E-state index in [-0.39, 0.29) is 33.0 Å². The van der Waals surface area contributed by atoms with E-state index in [1.807, 2.05) is 0 Å². The predicted molar refractivity (Wildman–Crippen MR) is 89.4 cm³/mol. The lowest BCUT2D eigenvalue weighted by Crippen LogP contribution is -2.17. The van der Waals surface area contributed by atoms with E-state index < -0.39 is 21.9 Å². The Balaban J connectivity index is 2.01. The smallest absolute Gasteiger partial charge is 0.406 e. The molecule has 1 saturated carbocycles. The maximum absolute atomic E-state index is 12.9. The summed E-state index contributed by atoms with van der Waals surface area (Å²) in [5.41, 5.74) is -0.229. The predicted octanol–water partition coefficient (Wildman–Crippen LogP) is 3.97. The summed E-state index contributed by atoms with van der Waals surface area (Å²) in [5, 5.41) is 5.66. The van der Waals surface area contributed by atoms with Crippen molar-refractivity contribution in [3.05, 3.63) is 47.9 Å². The van der Waals surface area contributed by atoms with Gasteiger partial charge in [0.1, 0.15) is 22.2 Å². The molecule has 0 aliphatic heterocycles. The number of aromatic nitrogens is 1. The van der Waals surface area contributed by atoms with Gasteiger partial charge in [-0.2, -0.15) is 0 Å². The standard InChI is InChI=1S/C16H13F3N3O4S/c1-9-13(22-23)8-14(15(20-9)21-10-2-3-10)27(24,25)12-6-4-11(5-7-12)26-16(17,18)19/h4-8,10H,1-3H2,(H,20,21). The van der Waals surface area contributed by atoms with Gasteiger partial charge in [-0.15, -0.1) is 18.1 Å². The number of rotatable bonds is 6. The van der Waals surface area contributed by atoms with Crippen molar-refractivity contribution < 1.29 is 26.3 Å². The van der Waals surface area contributed by atoms with Crippen LogP contribution >= 0.6 is 0 Å². The Kier molecular flexibility index (Phi) is 4.81. The number of nitrogens with zero attached hydrogens (tertiary/aromatic N) is 2. The molecule has 2 aromatic rings. The summed E-state index contributed by atoms with van der Waals surface area (Å²) in [7, 11) is -4.19. The van der Waals surface area contributed by atoms with Crippen molar-refractivity contribution in [3.63, 3.8) is 0 Å². The van der Waals surface area contributed by atoms with Crippen LogP contribution in [-0.2, 0) is 9.84 Å². The van der Waals surface area contributed by atoms with Gasteiger partial charge < -0.3 is 10.1 Å². The molecule has 7 nitrogen and oxygen atoms in total. The summed E-state index contributed by atoms with van der Waals surface area (Å²) >= 11 is 0. The molecule has 11 heteroatoms.